The lowest BCUT2D eigenvalue weighted by Gasteiger charge is -2.29. The molecule has 0 aliphatic carbocycles. The molecular weight excluding hydrogens is 649 g/mol. The molecular formula is C29H28N2O9S4. The molecule has 11 nitrogen and oxygen atoms in total. The van der Waals surface area contributed by atoms with Gasteiger partial charge in [-0.25, -0.2) is 4.79 Å². The minimum atomic E-state index is -5.48. The van der Waals surface area contributed by atoms with E-state index < -0.39 is 73.1 Å². The number of hydrogen-bond donors (Lipinski definition) is 0. The average Bonchev–Trinajstić information content (AvgIpc) is 2.93. The van der Waals surface area contributed by atoms with Crippen molar-refractivity contribution in [2.75, 3.05) is 0 Å². The van der Waals surface area contributed by atoms with Gasteiger partial charge >= 0.3 is 6.03 Å². The molecule has 0 spiro atoms. The van der Waals surface area contributed by atoms with Crippen LogP contribution in [-0.2, 0) is 40.1 Å². The Kier molecular flexibility index (Phi) is 8.81. The maximum absolute atomic E-state index is 14.5. The second kappa shape index (κ2) is 11.8. The van der Waals surface area contributed by atoms with Crippen molar-refractivity contribution in [3.05, 3.63) is 119 Å². The molecule has 44 heavy (non-hydrogen) atoms. The van der Waals surface area contributed by atoms with E-state index in [1.165, 1.54) is 100 Å². The minimum absolute atomic E-state index is 0.0142. The summed E-state index contributed by atoms with van der Waals surface area (Å²) in [6.07, 6.45) is 0. The van der Waals surface area contributed by atoms with Crippen molar-refractivity contribution in [3.8, 4) is 0 Å². The van der Waals surface area contributed by atoms with E-state index in [4.69, 9.17) is 0 Å². The molecule has 0 aromatic heterocycles. The molecule has 4 rings (SSSR count). The van der Waals surface area contributed by atoms with Crippen LogP contribution in [0.5, 0.6) is 0 Å². The van der Waals surface area contributed by atoms with Crippen LogP contribution in [-0.4, -0.2) is 47.1 Å². The second-order valence-electron chi connectivity index (χ2n) is 9.76. The molecule has 0 saturated heterocycles. The van der Waals surface area contributed by atoms with E-state index in [2.05, 4.69) is 0 Å². The molecule has 0 atom stereocenters. The summed E-state index contributed by atoms with van der Waals surface area (Å²) < 4.78 is 112. The van der Waals surface area contributed by atoms with E-state index in [0.29, 0.717) is 0 Å². The summed E-state index contributed by atoms with van der Waals surface area (Å²) in [6.45, 7) is 5.34. The van der Waals surface area contributed by atoms with Gasteiger partial charge in [0.25, 0.3) is 40.1 Å². The Morgan fingerprint density at radius 3 is 0.750 bits per heavy atom. The van der Waals surface area contributed by atoms with E-state index in [-0.39, 0.29) is 22.3 Å². The number of carbonyl (C=O) groups is 1. The molecule has 4 aromatic rings. The lowest BCUT2D eigenvalue weighted by Crippen LogP contribution is -2.53. The molecule has 0 fully saturated rings. The monoisotopic (exact) mass is 676 g/mol. The number of carbonyl (C=O) groups excluding carboxylic acids is 1. The maximum atomic E-state index is 14.5. The van der Waals surface area contributed by atoms with Gasteiger partial charge < -0.3 is 0 Å². The summed E-state index contributed by atoms with van der Waals surface area (Å²) in [5, 5.41) is 0. The van der Waals surface area contributed by atoms with E-state index in [9.17, 15) is 38.5 Å². The summed E-state index contributed by atoms with van der Waals surface area (Å²) in [7, 11) is -21.9. The molecule has 2 amide bonds. The third-order valence-electron chi connectivity index (χ3n) is 6.67. The smallest absolute Gasteiger partial charge is 0.244 e. The lowest BCUT2D eigenvalue weighted by atomic mass is 10.2. The zero-order chi connectivity index (χ0) is 32.7. The zero-order valence-corrected chi connectivity index (χ0v) is 27.2. The maximum Gasteiger partial charge on any atom is 0.377 e. The number of benzene rings is 4. The highest BCUT2D eigenvalue weighted by atomic mass is 32.3. The fraction of sp³-hybridized carbons (Fsp3) is 0.138. The van der Waals surface area contributed by atoms with Crippen LogP contribution in [0.25, 0.3) is 0 Å². The number of hydrogen-bond acceptors (Lipinski definition) is 9. The Morgan fingerprint density at radius 1 is 0.386 bits per heavy atom. The number of nitrogens with zero attached hydrogens (tertiary/aromatic N) is 2. The van der Waals surface area contributed by atoms with Gasteiger partial charge in [0.15, 0.2) is 0 Å². The molecule has 0 aliphatic heterocycles. The Labute approximate surface area is 257 Å². The molecule has 232 valence electrons. The van der Waals surface area contributed by atoms with Gasteiger partial charge in [-0.1, -0.05) is 72.8 Å². The normalized spacial score (nSPS) is 12.5. The van der Waals surface area contributed by atoms with E-state index >= 15 is 0 Å². The molecule has 0 bridgehead atoms. The Morgan fingerprint density at radius 2 is 0.568 bits per heavy atom. The first-order chi connectivity index (χ1) is 20.5. The van der Waals surface area contributed by atoms with Crippen LogP contribution >= 0.6 is 0 Å². The van der Waals surface area contributed by atoms with Crippen LogP contribution in [0.15, 0.2) is 117 Å². The van der Waals surface area contributed by atoms with Crippen molar-refractivity contribution in [3.63, 3.8) is 0 Å². The van der Waals surface area contributed by atoms with Crippen molar-refractivity contribution >= 4 is 46.1 Å². The van der Waals surface area contributed by atoms with Gasteiger partial charge in [0.2, 0.25) is 0 Å². The second-order valence-corrected chi connectivity index (χ2v) is 17.2. The highest BCUT2D eigenvalue weighted by Crippen LogP contribution is 2.34. The van der Waals surface area contributed by atoms with Gasteiger partial charge in [-0.05, 0) is 74.2 Å². The first-order valence-corrected chi connectivity index (χ1v) is 18.6. The Bertz CT molecular complexity index is 1910. The van der Waals surface area contributed by atoms with Gasteiger partial charge in [-0.2, -0.15) is 33.7 Å². The number of amides is 2. The highest BCUT2D eigenvalue weighted by molar-refractivity contribution is 8.07. The number of sulfonamides is 4. The van der Waals surface area contributed by atoms with Crippen LogP contribution < -0.4 is 0 Å². The van der Waals surface area contributed by atoms with Gasteiger partial charge in [-0.15, -0.1) is 7.42 Å². The topological polar surface area (TPSA) is 160 Å². The summed E-state index contributed by atoms with van der Waals surface area (Å²) in [4.78, 5) is 11.9. The number of urea groups is 1. The minimum Gasteiger partial charge on any atom is -0.244 e. The van der Waals surface area contributed by atoms with E-state index in [0.717, 1.165) is 24.3 Å². The molecule has 0 unspecified atom stereocenters. The van der Waals surface area contributed by atoms with E-state index in [1.54, 1.807) is 0 Å². The Balaban J connectivity index is 2.15. The molecule has 0 saturated carbocycles. The standard InChI is InChI=1S/C29H28N2O9S4/c1-21-13-5-9-17-25(21)41(33,34)30(42(35,36)26-18-10-6-14-22(26)2)29(32)31(43(37,38)27-19-11-7-15-23(27)3)44(39,40)28-20-12-8-16-24(28)4/h5-20H,1-4H3. The summed E-state index contributed by atoms with van der Waals surface area (Å²) in [6, 6.07) is 18.0. The Hall–Kier alpha value is -4.05. The predicted molar refractivity (Wildman–Crippen MR) is 163 cm³/mol. The fourth-order valence-electron chi connectivity index (χ4n) is 4.48. The highest BCUT2D eigenvalue weighted by Gasteiger charge is 2.52. The predicted octanol–water partition coefficient (Wildman–Crippen LogP) is 4.50. The third kappa shape index (κ3) is 5.63. The van der Waals surface area contributed by atoms with Gasteiger partial charge in [0.05, 0.1) is 19.6 Å². The van der Waals surface area contributed by atoms with Crippen LogP contribution in [0.1, 0.15) is 22.3 Å². The van der Waals surface area contributed by atoms with Crippen molar-refractivity contribution in [2.24, 2.45) is 0 Å². The van der Waals surface area contributed by atoms with Crippen LogP contribution in [0, 0.1) is 27.7 Å². The molecule has 0 heterocycles. The van der Waals surface area contributed by atoms with E-state index in [1.807, 2.05) is 0 Å². The van der Waals surface area contributed by atoms with Crippen molar-refractivity contribution in [1.82, 2.24) is 7.42 Å². The quantitative estimate of drug-likeness (QED) is 0.262. The van der Waals surface area contributed by atoms with Crippen molar-refractivity contribution in [2.45, 2.75) is 47.3 Å². The van der Waals surface area contributed by atoms with Crippen molar-refractivity contribution in [1.29, 1.82) is 0 Å². The molecule has 0 N–H and O–H groups in total. The molecule has 0 radical (unpaired) electrons. The summed E-state index contributed by atoms with van der Waals surface area (Å²) >= 11 is 0. The average molecular weight is 677 g/mol. The SMILES string of the molecule is Cc1ccccc1S(=O)(=O)N(C(=O)N(S(=O)(=O)c1ccccc1C)S(=O)(=O)c1ccccc1C)S(=O)(=O)c1ccccc1C. The molecule has 4 aromatic carbocycles. The van der Waals surface area contributed by atoms with Gasteiger partial charge in [-0.3, -0.25) is 0 Å². The number of aryl methyl sites for hydroxylation is 4. The van der Waals surface area contributed by atoms with Crippen molar-refractivity contribution < 1.29 is 38.5 Å². The summed E-state index contributed by atoms with van der Waals surface area (Å²) in [5.74, 6) is 0. The van der Waals surface area contributed by atoms with Gasteiger partial charge in [0.1, 0.15) is 0 Å². The van der Waals surface area contributed by atoms with Crippen LogP contribution in [0.4, 0.5) is 4.79 Å². The lowest BCUT2D eigenvalue weighted by molar-refractivity contribution is 0.229. The molecule has 0 aliphatic rings. The van der Waals surface area contributed by atoms with Crippen LogP contribution in [0.2, 0.25) is 0 Å². The first-order valence-electron chi connectivity index (χ1n) is 12.8. The summed E-state index contributed by atoms with van der Waals surface area (Å²) in [5.41, 5.74) is 0.0569. The first kappa shape index (κ1) is 32.9. The largest absolute Gasteiger partial charge is 0.377 e. The third-order valence-corrected chi connectivity index (χ3v) is 15.5. The van der Waals surface area contributed by atoms with Crippen LogP contribution in [0.3, 0.4) is 0 Å². The van der Waals surface area contributed by atoms with Gasteiger partial charge in [0, 0.05) is 0 Å². The fourth-order valence-corrected chi connectivity index (χ4v) is 12.5. The zero-order valence-electron chi connectivity index (χ0n) is 23.9. The number of rotatable bonds is 8. The molecule has 15 heteroatoms.